The molecule has 30 heavy (non-hydrogen) atoms. The summed E-state index contributed by atoms with van der Waals surface area (Å²) < 4.78 is 0. The van der Waals surface area contributed by atoms with E-state index in [4.69, 9.17) is 5.26 Å². The molecular weight excluding hydrogens is 372 g/mol. The molecule has 0 bridgehead atoms. The summed E-state index contributed by atoms with van der Waals surface area (Å²) in [6.45, 7) is 8.38. The van der Waals surface area contributed by atoms with Gasteiger partial charge < -0.3 is 4.90 Å². The smallest absolute Gasteiger partial charge is 0.239 e. The molecule has 2 aliphatic heterocycles. The third-order valence-corrected chi connectivity index (χ3v) is 6.46. The average molecular weight is 403 g/mol. The molecule has 2 aromatic rings. The second-order valence-corrected chi connectivity index (χ2v) is 8.43. The quantitative estimate of drug-likeness (QED) is 0.789. The van der Waals surface area contributed by atoms with Crippen molar-refractivity contribution >= 4 is 5.91 Å². The molecule has 2 aliphatic rings. The Hall–Kier alpha value is -2.68. The summed E-state index contributed by atoms with van der Waals surface area (Å²) in [6, 6.07) is 18.4. The van der Waals surface area contributed by atoms with Gasteiger partial charge in [-0.25, -0.2) is 0 Å². The third kappa shape index (κ3) is 4.72. The molecule has 0 spiro atoms. The number of hydrogen-bond acceptors (Lipinski definition) is 4. The summed E-state index contributed by atoms with van der Waals surface area (Å²) in [5.74, 6) is 0.255. The van der Waals surface area contributed by atoms with E-state index >= 15 is 0 Å². The molecule has 1 fully saturated rings. The maximum absolute atomic E-state index is 13.2. The van der Waals surface area contributed by atoms with Crippen LogP contribution in [0.15, 0.2) is 48.5 Å². The lowest BCUT2D eigenvalue weighted by molar-refractivity contribution is -0.137. The van der Waals surface area contributed by atoms with Crippen molar-refractivity contribution in [2.24, 2.45) is 0 Å². The minimum absolute atomic E-state index is 0.0786. The fourth-order valence-electron chi connectivity index (χ4n) is 4.58. The van der Waals surface area contributed by atoms with Gasteiger partial charge in [-0.1, -0.05) is 36.4 Å². The number of amides is 1. The van der Waals surface area contributed by atoms with E-state index < -0.39 is 0 Å². The van der Waals surface area contributed by atoms with Crippen LogP contribution in [0.4, 0.5) is 0 Å². The molecule has 4 rings (SSSR count). The Morgan fingerprint density at radius 1 is 1.00 bits per heavy atom. The first-order valence-electron chi connectivity index (χ1n) is 10.9. The first kappa shape index (κ1) is 20.6. The molecule has 1 amide bonds. The molecule has 2 heterocycles. The van der Waals surface area contributed by atoms with Crippen molar-refractivity contribution in [1.29, 1.82) is 5.26 Å². The van der Waals surface area contributed by atoms with Crippen LogP contribution in [0.2, 0.25) is 0 Å². The van der Waals surface area contributed by atoms with Crippen LogP contribution in [0.3, 0.4) is 0 Å². The van der Waals surface area contributed by atoms with E-state index in [-0.39, 0.29) is 11.9 Å². The van der Waals surface area contributed by atoms with Gasteiger partial charge in [0.2, 0.25) is 5.91 Å². The SMILES string of the molecule is CC(C(=O)N1CCc2ccccc2C1)N1CCCN(Cc2ccc(C#N)cc2)CC1. The van der Waals surface area contributed by atoms with Gasteiger partial charge in [0.1, 0.15) is 0 Å². The van der Waals surface area contributed by atoms with Crippen LogP contribution in [-0.4, -0.2) is 59.4 Å². The van der Waals surface area contributed by atoms with Crippen molar-refractivity contribution in [3.8, 4) is 6.07 Å². The largest absolute Gasteiger partial charge is 0.337 e. The third-order valence-electron chi connectivity index (χ3n) is 6.46. The first-order valence-corrected chi connectivity index (χ1v) is 10.9. The molecule has 5 nitrogen and oxygen atoms in total. The minimum Gasteiger partial charge on any atom is -0.337 e. The van der Waals surface area contributed by atoms with Crippen LogP contribution in [0, 0.1) is 11.3 Å². The summed E-state index contributed by atoms with van der Waals surface area (Å²) >= 11 is 0. The molecule has 5 heteroatoms. The standard InChI is InChI=1S/C25H30N4O/c1-20(25(30)29-14-11-23-5-2-3-6-24(23)19-29)28-13-4-12-27(15-16-28)18-22-9-7-21(17-26)8-10-22/h2-3,5-10,20H,4,11-16,18-19H2,1H3. The second-order valence-electron chi connectivity index (χ2n) is 8.43. The van der Waals surface area contributed by atoms with Gasteiger partial charge in [-0.05, 0) is 55.1 Å². The lowest BCUT2D eigenvalue weighted by Crippen LogP contribution is -2.49. The van der Waals surface area contributed by atoms with Gasteiger partial charge in [-0.2, -0.15) is 5.26 Å². The molecule has 1 atom stereocenters. The number of hydrogen-bond donors (Lipinski definition) is 0. The Bertz CT molecular complexity index is 917. The van der Waals surface area contributed by atoms with E-state index in [1.165, 1.54) is 16.7 Å². The van der Waals surface area contributed by atoms with Crippen molar-refractivity contribution < 1.29 is 4.79 Å². The van der Waals surface area contributed by atoms with Gasteiger partial charge in [0, 0.05) is 39.3 Å². The second kappa shape index (κ2) is 9.42. The van der Waals surface area contributed by atoms with Crippen LogP contribution in [0.5, 0.6) is 0 Å². The Labute approximate surface area is 179 Å². The predicted molar refractivity (Wildman–Crippen MR) is 118 cm³/mol. The first-order chi connectivity index (χ1) is 14.6. The zero-order chi connectivity index (χ0) is 20.9. The zero-order valence-electron chi connectivity index (χ0n) is 17.8. The van der Waals surface area contributed by atoms with Gasteiger partial charge in [0.25, 0.3) is 0 Å². The van der Waals surface area contributed by atoms with Crippen LogP contribution < -0.4 is 0 Å². The van der Waals surface area contributed by atoms with E-state index in [9.17, 15) is 4.79 Å². The topological polar surface area (TPSA) is 50.6 Å². The highest BCUT2D eigenvalue weighted by molar-refractivity contribution is 5.81. The maximum Gasteiger partial charge on any atom is 0.239 e. The van der Waals surface area contributed by atoms with Gasteiger partial charge in [-0.3, -0.25) is 14.6 Å². The molecule has 0 radical (unpaired) electrons. The summed E-state index contributed by atoms with van der Waals surface area (Å²) in [7, 11) is 0. The highest BCUT2D eigenvalue weighted by Gasteiger charge is 2.29. The Balaban J connectivity index is 1.32. The van der Waals surface area contributed by atoms with E-state index in [1.807, 2.05) is 29.2 Å². The minimum atomic E-state index is -0.0786. The van der Waals surface area contributed by atoms with Crippen LogP contribution in [-0.2, 0) is 24.3 Å². The van der Waals surface area contributed by atoms with Crippen LogP contribution in [0.1, 0.15) is 35.6 Å². The molecule has 1 saturated heterocycles. The van der Waals surface area contributed by atoms with Gasteiger partial charge in [0.15, 0.2) is 0 Å². The summed E-state index contributed by atoms with van der Waals surface area (Å²) in [5, 5.41) is 8.96. The molecule has 0 aromatic heterocycles. The number of benzene rings is 2. The lowest BCUT2D eigenvalue weighted by Gasteiger charge is -2.34. The fourth-order valence-corrected chi connectivity index (χ4v) is 4.58. The van der Waals surface area contributed by atoms with Gasteiger partial charge >= 0.3 is 0 Å². The summed E-state index contributed by atoms with van der Waals surface area (Å²) in [5.41, 5.74) is 4.60. The normalized spacial score (nSPS) is 18.9. The molecule has 2 aromatic carbocycles. The molecule has 156 valence electrons. The van der Waals surface area contributed by atoms with E-state index in [1.54, 1.807) is 0 Å². The molecule has 0 aliphatic carbocycles. The summed E-state index contributed by atoms with van der Waals surface area (Å²) in [4.78, 5) is 20.0. The number of carbonyl (C=O) groups excluding carboxylic acids is 1. The number of nitriles is 1. The van der Waals surface area contributed by atoms with Crippen LogP contribution >= 0.6 is 0 Å². The highest BCUT2D eigenvalue weighted by atomic mass is 16.2. The van der Waals surface area contributed by atoms with E-state index in [0.717, 1.165) is 58.7 Å². The Morgan fingerprint density at radius 3 is 2.53 bits per heavy atom. The fraction of sp³-hybridized carbons (Fsp3) is 0.440. The molecule has 1 unspecified atom stereocenters. The maximum atomic E-state index is 13.2. The van der Waals surface area contributed by atoms with E-state index in [0.29, 0.717) is 5.56 Å². The van der Waals surface area contributed by atoms with Gasteiger partial charge in [-0.15, -0.1) is 0 Å². The number of fused-ring (bicyclic) bond motifs is 1. The Kier molecular flexibility index (Phi) is 6.47. The van der Waals surface area contributed by atoms with Crippen molar-refractivity contribution in [1.82, 2.24) is 14.7 Å². The number of carbonyl (C=O) groups is 1. The highest BCUT2D eigenvalue weighted by Crippen LogP contribution is 2.20. The molecule has 0 N–H and O–H groups in total. The monoisotopic (exact) mass is 402 g/mol. The zero-order valence-corrected chi connectivity index (χ0v) is 17.8. The molecular formula is C25H30N4O. The van der Waals surface area contributed by atoms with Gasteiger partial charge in [0.05, 0.1) is 17.7 Å². The number of nitrogens with zero attached hydrogens (tertiary/aromatic N) is 4. The summed E-state index contributed by atoms with van der Waals surface area (Å²) in [6.07, 6.45) is 2.02. The van der Waals surface area contributed by atoms with E-state index in [2.05, 4.69) is 47.1 Å². The predicted octanol–water partition coefficient (Wildman–Crippen LogP) is 3.04. The Morgan fingerprint density at radius 2 is 1.77 bits per heavy atom. The van der Waals surface area contributed by atoms with Crippen molar-refractivity contribution in [2.75, 3.05) is 32.7 Å². The number of rotatable bonds is 4. The van der Waals surface area contributed by atoms with Crippen molar-refractivity contribution in [2.45, 2.75) is 38.9 Å². The lowest BCUT2D eigenvalue weighted by atomic mass is 9.99. The molecule has 0 saturated carbocycles. The average Bonchev–Trinajstić information content (AvgIpc) is 3.04. The van der Waals surface area contributed by atoms with Crippen LogP contribution in [0.25, 0.3) is 0 Å². The van der Waals surface area contributed by atoms with Crippen molar-refractivity contribution in [3.05, 3.63) is 70.8 Å². The van der Waals surface area contributed by atoms with Crippen molar-refractivity contribution in [3.63, 3.8) is 0 Å².